The molecule has 1 fully saturated rings. The Morgan fingerprint density at radius 2 is 1.72 bits per heavy atom. The summed E-state index contributed by atoms with van der Waals surface area (Å²) in [4.78, 5) is 0. The Kier molecular flexibility index (Phi) is 5.71. The zero-order valence-corrected chi connectivity index (χ0v) is 12.9. The minimum atomic E-state index is 0.645. The Bertz CT molecular complexity index is 339. The van der Waals surface area contributed by atoms with Crippen LogP contribution in [0.4, 0.5) is 0 Å². The van der Waals surface area contributed by atoms with Crippen LogP contribution in [0.25, 0.3) is 0 Å². The summed E-state index contributed by atoms with van der Waals surface area (Å²) in [7, 11) is 0. The van der Waals surface area contributed by atoms with Crippen LogP contribution in [0.15, 0.2) is 28.7 Å². The molecule has 1 N–H and O–H groups in total. The lowest BCUT2D eigenvalue weighted by molar-refractivity contribution is 0.336. The average Bonchev–Trinajstić information content (AvgIpc) is 2.66. The van der Waals surface area contributed by atoms with Crippen LogP contribution in [0.2, 0.25) is 0 Å². The fourth-order valence-electron chi connectivity index (χ4n) is 2.86. The Hall–Kier alpha value is -0.340. The minimum Gasteiger partial charge on any atom is -0.310 e. The molecule has 0 radical (unpaired) electrons. The third-order valence-corrected chi connectivity index (χ3v) is 4.68. The van der Waals surface area contributed by atoms with Crippen molar-refractivity contribution in [1.82, 2.24) is 5.32 Å². The summed E-state index contributed by atoms with van der Waals surface area (Å²) in [6.45, 7) is 3.35. The van der Waals surface area contributed by atoms with Crippen molar-refractivity contribution in [3.63, 3.8) is 0 Å². The van der Waals surface area contributed by atoms with E-state index in [2.05, 4.69) is 52.4 Å². The highest BCUT2D eigenvalue weighted by Gasteiger charge is 2.18. The van der Waals surface area contributed by atoms with Gasteiger partial charge in [-0.15, -0.1) is 0 Å². The summed E-state index contributed by atoms with van der Waals surface area (Å²) in [6, 6.07) is 9.26. The lowest BCUT2D eigenvalue weighted by Gasteiger charge is -2.23. The van der Waals surface area contributed by atoms with E-state index in [0.29, 0.717) is 6.04 Å². The number of rotatable bonds is 4. The molecule has 1 saturated carbocycles. The van der Waals surface area contributed by atoms with Gasteiger partial charge in [-0.2, -0.15) is 0 Å². The normalized spacial score (nSPS) is 19.4. The molecule has 0 unspecified atom stereocenters. The summed E-state index contributed by atoms with van der Waals surface area (Å²) >= 11 is 3.48. The summed E-state index contributed by atoms with van der Waals surface area (Å²) in [5.41, 5.74) is 1.37. The monoisotopic (exact) mass is 309 g/mol. The average molecular weight is 310 g/mol. The van der Waals surface area contributed by atoms with E-state index in [9.17, 15) is 0 Å². The van der Waals surface area contributed by atoms with Gasteiger partial charge in [0.25, 0.3) is 0 Å². The lowest BCUT2D eigenvalue weighted by atomic mass is 9.93. The molecule has 1 atom stereocenters. The van der Waals surface area contributed by atoms with Gasteiger partial charge in [-0.25, -0.2) is 0 Å². The highest BCUT2D eigenvalue weighted by molar-refractivity contribution is 9.10. The van der Waals surface area contributed by atoms with E-state index >= 15 is 0 Å². The van der Waals surface area contributed by atoms with Crippen LogP contribution in [0.1, 0.15) is 51.0 Å². The fraction of sp³-hybridized carbons (Fsp3) is 0.625. The third kappa shape index (κ3) is 4.40. The van der Waals surface area contributed by atoms with Crippen molar-refractivity contribution in [2.45, 2.75) is 58.0 Å². The first-order valence-corrected chi connectivity index (χ1v) is 8.03. The van der Waals surface area contributed by atoms with Gasteiger partial charge in [0.15, 0.2) is 0 Å². The van der Waals surface area contributed by atoms with Gasteiger partial charge in [0.1, 0.15) is 0 Å². The zero-order chi connectivity index (χ0) is 12.8. The van der Waals surface area contributed by atoms with E-state index in [4.69, 9.17) is 0 Å². The lowest BCUT2D eigenvalue weighted by Crippen LogP contribution is -2.32. The van der Waals surface area contributed by atoms with E-state index in [-0.39, 0.29) is 0 Å². The Morgan fingerprint density at radius 1 is 1.11 bits per heavy atom. The van der Waals surface area contributed by atoms with Gasteiger partial charge in [-0.05, 0) is 43.4 Å². The van der Waals surface area contributed by atoms with Crippen molar-refractivity contribution >= 4 is 15.9 Å². The van der Waals surface area contributed by atoms with Crippen molar-refractivity contribution in [3.8, 4) is 0 Å². The summed E-state index contributed by atoms with van der Waals surface area (Å²) < 4.78 is 1.16. The predicted octanol–water partition coefficient (Wildman–Crippen LogP) is 4.90. The molecule has 2 heteroatoms. The van der Waals surface area contributed by atoms with E-state index < -0.39 is 0 Å². The maximum Gasteiger partial charge on any atom is 0.0208 e. The molecule has 0 aliphatic heterocycles. The van der Waals surface area contributed by atoms with Crippen molar-refractivity contribution in [1.29, 1.82) is 0 Å². The van der Waals surface area contributed by atoms with Gasteiger partial charge in [0, 0.05) is 17.1 Å². The molecule has 2 rings (SSSR count). The van der Waals surface area contributed by atoms with Gasteiger partial charge < -0.3 is 5.32 Å². The Labute approximate surface area is 119 Å². The second-order valence-electron chi connectivity index (χ2n) is 5.55. The van der Waals surface area contributed by atoms with Gasteiger partial charge in [-0.3, -0.25) is 0 Å². The molecule has 100 valence electrons. The summed E-state index contributed by atoms with van der Waals surface area (Å²) in [5.74, 6) is 0.878. The Balaban J connectivity index is 1.79. The number of hydrogen-bond donors (Lipinski definition) is 1. The molecular formula is C16H24BrN. The second-order valence-corrected chi connectivity index (χ2v) is 6.46. The molecule has 0 saturated heterocycles. The predicted molar refractivity (Wildman–Crippen MR) is 81.6 cm³/mol. The number of benzene rings is 1. The number of nitrogens with one attached hydrogen (secondary N) is 1. The van der Waals surface area contributed by atoms with E-state index in [1.807, 2.05) is 0 Å². The molecule has 1 nitrogen and oxygen atoms in total. The third-order valence-electron chi connectivity index (χ3n) is 4.15. The molecular weight excluding hydrogens is 286 g/mol. The van der Waals surface area contributed by atoms with E-state index in [1.165, 1.54) is 44.1 Å². The molecule has 0 bridgehead atoms. The molecule has 1 aromatic rings. The highest BCUT2D eigenvalue weighted by Crippen LogP contribution is 2.25. The topological polar surface area (TPSA) is 12.0 Å². The van der Waals surface area contributed by atoms with Crippen LogP contribution in [-0.4, -0.2) is 6.04 Å². The first-order chi connectivity index (χ1) is 8.75. The smallest absolute Gasteiger partial charge is 0.0208 e. The maximum atomic E-state index is 3.70. The van der Waals surface area contributed by atoms with Gasteiger partial charge >= 0.3 is 0 Å². The van der Waals surface area contributed by atoms with Crippen molar-refractivity contribution in [3.05, 3.63) is 34.3 Å². The molecule has 0 spiro atoms. The molecule has 0 heterocycles. The second kappa shape index (κ2) is 7.30. The van der Waals surface area contributed by atoms with Gasteiger partial charge in [0.2, 0.25) is 0 Å². The molecule has 0 aromatic heterocycles. The van der Waals surface area contributed by atoms with Crippen LogP contribution >= 0.6 is 15.9 Å². The standard InChI is InChI=1S/C16H24BrN/c1-13(15-6-4-2-3-5-7-15)18-12-14-8-10-16(17)11-9-14/h8-11,13,15,18H,2-7,12H2,1H3/t13-/m1/s1. The van der Waals surface area contributed by atoms with Crippen LogP contribution < -0.4 is 5.32 Å². The first-order valence-electron chi connectivity index (χ1n) is 7.23. The van der Waals surface area contributed by atoms with Crippen LogP contribution in [-0.2, 0) is 6.54 Å². The van der Waals surface area contributed by atoms with E-state index in [0.717, 1.165) is 16.9 Å². The fourth-order valence-corrected chi connectivity index (χ4v) is 3.12. The van der Waals surface area contributed by atoms with Gasteiger partial charge in [-0.1, -0.05) is 53.7 Å². The quantitative estimate of drug-likeness (QED) is 0.780. The number of hydrogen-bond acceptors (Lipinski definition) is 1. The first kappa shape index (κ1) is 14.1. The summed E-state index contributed by atoms with van der Waals surface area (Å²) in [6.07, 6.45) is 8.55. The SMILES string of the molecule is C[C@@H](NCc1ccc(Br)cc1)C1CCCCCC1. The van der Waals surface area contributed by atoms with Crippen LogP contribution in [0.3, 0.4) is 0 Å². The summed E-state index contributed by atoms with van der Waals surface area (Å²) in [5, 5.41) is 3.70. The van der Waals surface area contributed by atoms with Crippen LogP contribution in [0.5, 0.6) is 0 Å². The maximum absolute atomic E-state index is 3.70. The van der Waals surface area contributed by atoms with Gasteiger partial charge in [0.05, 0.1) is 0 Å². The number of halogens is 1. The molecule has 1 aliphatic carbocycles. The molecule has 0 amide bonds. The highest BCUT2D eigenvalue weighted by atomic mass is 79.9. The van der Waals surface area contributed by atoms with Crippen molar-refractivity contribution < 1.29 is 0 Å². The van der Waals surface area contributed by atoms with Crippen molar-refractivity contribution in [2.24, 2.45) is 5.92 Å². The van der Waals surface area contributed by atoms with Crippen LogP contribution in [0, 0.1) is 5.92 Å². The molecule has 18 heavy (non-hydrogen) atoms. The van der Waals surface area contributed by atoms with Crippen molar-refractivity contribution in [2.75, 3.05) is 0 Å². The van der Waals surface area contributed by atoms with E-state index in [1.54, 1.807) is 0 Å². The molecule has 1 aliphatic rings. The molecule has 1 aromatic carbocycles. The minimum absolute atomic E-state index is 0.645. The largest absolute Gasteiger partial charge is 0.310 e. The Morgan fingerprint density at radius 3 is 2.33 bits per heavy atom. The zero-order valence-electron chi connectivity index (χ0n) is 11.3.